The number of ether oxygens (including phenoxy) is 2. The maximum Gasteiger partial charge on any atom is 0.227 e. The number of carbonyl (C=O) groups excluding carboxylic acids is 1. The van der Waals surface area contributed by atoms with E-state index in [1.807, 2.05) is 6.07 Å². The number of nitrogens with one attached hydrogen (secondary N) is 1. The summed E-state index contributed by atoms with van der Waals surface area (Å²) in [5.41, 5.74) is 1.87. The van der Waals surface area contributed by atoms with Crippen LogP contribution in [0.25, 0.3) is 11.4 Å². The Balaban J connectivity index is 1.36. The van der Waals surface area contributed by atoms with E-state index < -0.39 is 0 Å². The second kappa shape index (κ2) is 7.97. The Bertz CT molecular complexity index is 976. The summed E-state index contributed by atoms with van der Waals surface area (Å²) < 4.78 is 15.8. The number of hydrogen-bond donors (Lipinski definition) is 1. The number of amides is 1. The fraction of sp³-hybridized carbons (Fsp3) is 0.368. The van der Waals surface area contributed by atoms with Gasteiger partial charge >= 0.3 is 0 Å². The van der Waals surface area contributed by atoms with Crippen LogP contribution in [-0.4, -0.2) is 35.3 Å². The third-order valence-electron chi connectivity index (χ3n) is 4.52. The van der Waals surface area contributed by atoms with Crippen molar-refractivity contribution in [3.05, 3.63) is 34.7 Å². The second-order valence-electron chi connectivity index (χ2n) is 6.37. The van der Waals surface area contributed by atoms with Crippen LogP contribution in [0.15, 0.2) is 22.7 Å². The Morgan fingerprint density at radius 1 is 1.21 bits per heavy atom. The smallest absolute Gasteiger partial charge is 0.227 e. The summed E-state index contributed by atoms with van der Waals surface area (Å²) in [7, 11) is 3.15. The summed E-state index contributed by atoms with van der Waals surface area (Å²) in [6, 6.07) is 5.38. The van der Waals surface area contributed by atoms with Crippen LogP contribution < -0.4 is 14.8 Å². The molecule has 1 aliphatic rings. The molecule has 0 atom stereocenters. The number of methoxy groups -OCH3 is 2. The number of anilines is 1. The molecule has 2 heterocycles. The Labute approximate surface area is 165 Å². The highest BCUT2D eigenvalue weighted by atomic mass is 32.1. The number of rotatable bonds is 7. The molecule has 8 nitrogen and oxygen atoms in total. The van der Waals surface area contributed by atoms with E-state index in [1.165, 1.54) is 4.88 Å². The van der Waals surface area contributed by atoms with Gasteiger partial charge in [0.1, 0.15) is 0 Å². The Morgan fingerprint density at radius 3 is 2.86 bits per heavy atom. The Hall–Kier alpha value is -2.94. The molecule has 146 valence electrons. The second-order valence-corrected chi connectivity index (χ2v) is 7.46. The maximum atomic E-state index is 12.2. The molecule has 0 bridgehead atoms. The van der Waals surface area contributed by atoms with E-state index >= 15 is 0 Å². The molecule has 0 unspecified atom stereocenters. The summed E-state index contributed by atoms with van der Waals surface area (Å²) in [4.78, 5) is 22.3. The van der Waals surface area contributed by atoms with Crippen molar-refractivity contribution in [3.8, 4) is 22.9 Å². The molecular formula is C19H20N4O4S. The average Bonchev–Trinajstić information content (AvgIpc) is 3.42. The third-order valence-corrected chi connectivity index (χ3v) is 5.59. The van der Waals surface area contributed by atoms with E-state index in [0.717, 1.165) is 30.5 Å². The zero-order valence-electron chi connectivity index (χ0n) is 15.7. The molecule has 9 heteroatoms. The van der Waals surface area contributed by atoms with Crippen LogP contribution in [0.4, 0.5) is 5.13 Å². The zero-order chi connectivity index (χ0) is 19.5. The molecule has 4 rings (SSSR count). The van der Waals surface area contributed by atoms with E-state index in [2.05, 4.69) is 20.4 Å². The van der Waals surface area contributed by atoms with Crippen LogP contribution >= 0.6 is 11.3 Å². The molecule has 2 aromatic heterocycles. The lowest BCUT2D eigenvalue weighted by Crippen LogP contribution is -2.12. The Morgan fingerprint density at radius 2 is 2.07 bits per heavy atom. The fourth-order valence-electron chi connectivity index (χ4n) is 3.10. The van der Waals surface area contributed by atoms with Crippen LogP contribution in [0, 0.1) is 0 Å². The topological polar surface area (TPSA) is 99.4 Å². The SMILES string of the molecule is COc1ccc(-c2noc(CCC(=O)Nc3nc4c(s3)CCC4)n2)cc1OC. The highest BCUT2D eigenvalue weighted by molar-refractivity contribution is 7.15. The number of nitrogens with zero attached hydrogens (tertiary/aromatic N) is 3. The van der Waals surface area contributed by atoms with Crippen LogP contribution in [0.5, 0.6) is 11.5 Å². The minimum Gasteiger partial charge on any atom is -0.493 e. The van der Waals surface area contributed by atoms with Crippen LogP contribution in [0.2, 0.25) is 0 Å². The molecule has 0 aliphatic heterocycles. The lowest BCUT2D eigenvalue weighted by Gasteiger charge is -2.07. The lowest BCUT2D eigenvalue weighted by atomic mass is 10.2. The predicted octanol–water partition coefficient (Wildman–Crippen LogP) is 3.27. The van der Waals surface area contributed by atoms with Gasteiger partial charge in [-0.25, -0.2) is 4.98 Å². The van der Waals surface area contributed by atoms with Crippen molar-refractivity contribution in [3.63, 3.8) is 0 Å². The minimum atomic E-state index is -0.113. The van der Waals surface area contributed by atoms with Gasteiger partial charge in [0.05, 0.1) is 19.9 Å². The third kappa shape index (κ3) is 3.84. The first-order chi connectivity index (χ1) is 13.7. The molecular weight excluding hydrogens is 380 g/mol. The van der Waals surface area contributed by atoms with E-state index in [9.17, 15) is 4.79 Å². The summed E-state index contributed by atoms with van der Waals surface area (Å²) in [5.74, 6) is 1.94. The van der Waals surface area contributed by atoms with E-state index in [1.54, 1.807) is 37.7 Å². The van der Waals surface area contributed by atoms with Gasteiger partial charge in [-0.2, -0.15) is 4.98 Å². The number of aromatic nitrogens is 3. The van der Waals surface area contributed by atoms with Gasteiger partial charge in [-0.3, -0.25) is 4.79 Å². The van der Waals surface area contributed by atoms with Crippen molar-refractivity contribution < 1.29 is 18.8 Å². The molecule has 3 aromatic rings. The van der Waals surface area contributed by atoms with E-state index in [-0.39, 0.29) is 12.3 Å². The van der Waals surface area contributed by atoms with Crippen molar-refractivity contribution in [1.82, 2.24) is 15.1 Å². The van der Waals surface area contributed by atoms with E-state index in [0.29, 0.717) is 34.8 Å². The van der Waals surface area contributed by atoms with Crippen molar-refractivity contribution in [2.24, 2.45) is 0 Å². The first kappa shape index (κ1) is 18.4. The van der Waals surface area contributed by atoms with Crippen LogP contribution in [0.3, 0.4) is 0 Å². The lowest BCUT2D eigenvalue weighted by molar-refractivity contribution is -0.116. The average molecular weight is 400 g/mol. The minimum absolute atomic E-state index is 0.113. The summed E-state index contributed by atoms with van der Waals surface area (Å²) >= 11 is 1.56. The van der Waals surface area contributed by atoms with E-state index in [4.69, 9.17) is 14.0 Å². The number of thiazole rings is 1. The monoisotopic (exact) mass is 400 g/mol. The largest absolute Gasteiger partial charge is 0.493 e. The molecule has 0 fully saturated rings. The number of benzene rings is 1. The van der Waals surface area contributed by atoms with Gasteiger partial charge in [-0.05, 0) is 37.5 Å². The zero-order valence-corrected chi connectivity index (χ0v) is 16.5. The maximum absolute atomic E-state index is 12.2. The number of aryl methyl sites for hydroxylation is 3. The van der Waals surface area contributed by atoms with Crippen molar-refractivity contribution in [1.29, 1.82) is 0 Å². The number of carbonyl (C=O) groups is 1. The van der Waals surface area contributed by atoms with Crippen LogP contribution in [-0.2, 0) is 24.1 Å². The molecule has 1 aliphatic carbocycles. The molecule has 0 spiro atoms. The van der Waals surface area contributed by atoms with Gasteiger partial charge in [0.2, 0.25) is 17.6 Å². The molecule has 1 aromatic carbocycles. The van der Waals surface area contributed by atoms with Crippen molar-refractivity contribution in [2.75, 3.05) is 19.5 Å². The van der Waals surface area contributed by atoms with Crippen molar-refractivity contribution >= 4 is 22.4 Å². The van der Waals surface area contributed by atoms with Gasteiger partial charge in [-0.1, -0.05) is 5.16 Å². The van der Waals surface area contributed by atoms with Crippen LogP contribution in [0.1, 0.15) is 29.3 Å². The number of fused-ring (bicyclic) bond motifs is 1. The summed E-state index contributed by atoms with van der Waals surface area (Å²) in [5, 5.41) is 7.52. The van der Waals surface area contributed by atoms with Gasteiger partial charge in [0.25, 0.3) is 0 Å². The normalized spacial score (nSPS) is 12.6. The molecule has 1 N–H and O–H groups in total. The first-order valence-electron chi connectivity index (χ1n) is 8.99. The Kier molecular flexibility index (Phi) is 5.25. The molecule has 0 saturated carbocycles. The summed E-state index contributed by atoms with van der Waals surface area (Å²) in [6.45, 7) is 0. The fourth-order valence-corrected chi connectivity index (χ4v) is 4.16. The van der Waals surface area contributed by atoms with Gasteiger partial charge in [0, 0.05) is 23.3 Å². The van der Waals surface area contributed by atoms with Crippen molar-refractivity contribution in [2.45, 2.75) is 32.1 Å². The summed E-state index contributed by atoms with van der Waals surface area (Å²) in [6.07, 6.45) is 3.82. The number of hydrogen-bond acceptors (Lipinski definition) is 8. The molecule has 0 radical (unpaired) electrons. The molecule has 0 saturated heterocycles. The highest BCUT2D eigenvalue weighted by Gasteiger charge is 2.18. The quantitative estimate of drug-likeness (QED) is 0.650. The van der Waals surface area contributed by atoms with Gasteiger partial charge in [-0.15, -0.1) is 11.3 Å². The highest BCUT2D eigenvalue weighted by Crippen LogP contribution is 2.32. The van der Waals surface area contributed by atoms with Gasteiger partial charge < -0.3 is 19.3 Å². The molecule has 28 heavy (non-hydrogen) atoms. The first-order valence-corrected chi connectivity index (χ1v) is 9.81. The molecule has 1 amide bonds. The predicted molar refractivity (Wildman–Crippen MR) is 104 cm³/mol. The van der Waals surface area contributed by atoms with Gasteiger partial charge in [0.15, 0.2) is 16.6 Å². The standard InChI is InChI=1S/C19H20N4O4S/c1-25-13-7-6-11(10-14(13)26-2)18-22-17(27-23-18)9-8-16(24)21-19-20-12-4-3-5-15(12)28-19/h6-7,10H,3-5,8-9H2,1-2H3,(H,20,21,24).